The molecule has 1 fully saturated rings. The molecule has 1 aliphatic rings. The molecule has 1 aromatic heterocycles. The van der Waals surface area contributed by atoms with E-state index in [0.717, 1.165) is 5.56 Å². The highest BCUT2D eigenvalue weighted by atomic mass is 32.2. The van der Waals surface area contributed by atoms with Crippen molar-refractivity contribution in [2.45, 2.75) is 69.7 Å². The second-order valence-electron chi connectivity index (χ2n) is 7.84. The maximum atomic E-state index is 12.6. The molecule has 0 bridgehead atoms. The van der Waals surface area contributed by atoms with Crippen molar-refractivity contribution in [2.24, 2.45) is 0 Å². The van der Waals surface area contributed by atoms with E-state index in [4.69, 9.17) is 4.74 Å². The van der Waals surface area contributed by atoms with Gasteiger partial charge in [0.15, 0.2) is 9.84 Å². The van der Waals surface area contributed by atoms with Crippen LogP contribution < -0.4 is 0 Å². The molecule has 2 rings (SSSR count). The Morgan fingerprint density at radius 1 is 1.14 bits per heavy atom. The zero-order chi connectivity index (χ0) is 20.9. The number of pyridine rings is 1. The minimum atomic E-state index is -3.34. The van der Waals surface area contributed by atoms with Crippen molar-refractivity contribution in [3.8, 4) is 0 Å². The summed E-state index contributed by atoms with van der Waals surface area (Å²) >= 11 is 0. The van der Waals surface area contributed by atoms with Gasteiger partial charge in [-0.1, -0.05) is 0 Å². The fourth-order valence-electron chi connectivity index (χ4n) is 3.28. The highest BCUT2D eigenvalue weighted by Crippen LogP contribution is 2.22. The van der Waals surface area contributed by atoms with Crippen LogP contribution in [0.4, 0.5) is 0 Å². The first-order chi connectivity index (χ1) is 13.0. The molecule has 0 saturated carbocycles. The molecule has 9 heteroatoms. The molecule has 0 amide bonds. The molecule has 0 aromatic carbocycles. The highest BCUT2D eigenvalue weighted by molar-refractivity contribution is 7.92. The molecular formula is C19H32N2O5S2. The molecule has 1 saturated heterocycles. The average Bonchev–Trinajstić information content (AvgIpc) is 2.64. The summed E-state index contributed by atoms with van der Waals surface area (Å²) < 4.78 is 57.5. The molecule has 3 unspecified atom stereocenters. The Balaban J connectivity index is 1.90. The summed E-state index contributed by atoms with van der Waals surface area (Å²) in [6, 6.07) is 3.64. The smallest absolute Gasteiger partial charge is 0.216 e. The molecule has 3 atom stereocenters. The van der Waals surface area contributed by atoms with E-state index in [9.17, 15) is 16.8 Å². The number of morpholine rings is 1. The number of rotatable bonds is 9. The minimum absolute atomic E-state index is 0.0912. The zero-order valence-corrected chi connectivity index (χ0v) is 18.7. The maximum absolute atomic E-state index is 12.6. The number of sulfonamides is 1. The third-order valence-electron chi connectivity index (χ3n) is 5.18. The Morgan fingerprint density at radius 2 is 1.79 bits per heavy atom. The summed E-state index contributed by atoms with van der Waals surface area (Å²) in [5.41, 5.74) is 0.949. The summed E-state index contributed by atoms with van der Waals surface area (Å²) in [5, 5.41) is -0.976. The Morgan fingerprint density at radius 3 is 2.39 bits per heavy atom. The number of aryl methyl sites for hydroxylation is 1. The lowest BCUT2D eigenvalue weighted by Crippen LogP contribution is -2.51. The van der Waals surface area contributed by atoms with Crippen LogP contribution in [0.5, 0.6) is 0 Å². The minimum Gasteiger partial charge on any atom is -0.373 e. The van der Waals surface area contributed by atoms with Crippen LogP contribution in [-0.4, -0.2) is 67.7 Å². The fraction of sp³-hybridized carbons (Fsp3) is 0.737. The summed E-state index contributed by atoms with van der Waals surface area (Å²) in [7, 11) is -6.58. The Hall–Kier alpha value is -1.03. The van der Waals surface area contributed by atoms with Crippen molar-refractivity contribution >= 4 is 19.9 Å². The molecule has 28 heavy (non-hydrogen) atoms. The highest BCUT2D eigenvalue weighted by Gasteiger charge is 2.35. The summed E-state index contributed by atoms with van der Waals surface area (Å²) in [4.78, 5) is 3.94. The Kier molecular flexibility index (Phi) is 8.01. The van der Waals surface area contributed by atoms with Crippen molar-refractivity contribution < 1.29 is 21.6 Å². The van der Waals surface area contributed by atoms with E-state index in [2.05, 4.69) is 4.98 Å². The molecule has 160 valence electrons. The van der Waals surface area contributed by atoms with Crippen LogP contribution in [0.25, 0.3) is 0 Å². The van der Waals surface area contributed by atoms with Crippen molar-refractivity contribution in [2.75, 3.05) is 18.8 Å². The lowest BCUT2D eigenvalue weighted by atomic mass is 10.1. The molecule has 0 radical (unpaired) electrons. The van der Waals surface area contributed by atoms with Gasteiger partial charge in [-0.15, -0.1) is 0 Å². The first-order valence-electron chi connectivity index (χ1n) is 9.77. The van der Waals surface area contributed by atoms with Gasteiger partial charge in [-0.05, 0) is 64.7 Å². The van der Waals surface area contributed by atoms with E-state index < -0.39 is 30.4 Å². The number of hydrogen-bond acceptors (Lipinski definition) is 6. The van der Waals surface area contributed by atoms with E-state index in [1.807, 2.05) is 19.1 Å². The molecule has 1 aliphatic heterocycles. The van der Waals surface area contributed by atoms with Crippen LogP contribution >= 0.6 is 0 Å². The SMILES string of the molecule is CC1CN(S(=O)(=O)C(C)C)CC(CCC(C)S(=O)(=O)CCc2ccncc2)O1. The van der Waals surface area contributed by atoms with Gasteiger partial charge in [-0.25, -0.2) is 16.8 Å². The quantitative estimate of drug-likeness (QED) is 0.593. The van der Waals surface area contributed by atoms with E-state index in [1.165, 1.54) is 4.31 Å². The van der Waals surface area contributed by atoms with Crippen LogP contribution in [0.15, 0.2) is 24.5 Å². The van der Waals surface area contributed by atoms with E-state index >= 15 is 0 Å². The van der Waals surface area contributed by atoms with Crippen LogP contribution in [0.3, 0.4) is 0 Å². The molecule has 0 spiro atoms. The third kappa shape index (κ3) is 6.23. The van der Waals surface area contributed by atoms with Gasteiger partial charge < -0.3 is 4.74 Å². The van der Waals surface area contributed by atoms with Gasteiger partial charge in [-0.2, -0.15) is 4.31 Å². The largest absolute Gasteiger partial charge is 0.373 e. The first-order valence-corrected chi connectivity index (χ1v) is 13.0. The lowest BCUT2D eigenvalue weighted by molar-refractivity contribution is -0.0577. The molecule has 2 heterocycles. The summed E-state index contributed by atoms with van der Waals surface area (Å²) in [6.45, 7) is 7.54. The normalized spacial score (nSPS) is 23.0. The van der Waals surface area contributed by atoms with E-state index in [0.29, 0.717) is 25.8 Å². The van der Waals surface area contributed by atoms with Gasteiger partial charge in [0.05, 0.1) is 28.5 Å². The first kappa shape index (κ1) is 23.3. The van der Waals surface area contributed by atoms with Crippen LogP contribution in [0, 0.1) is 0 Å². The zero-order valence-electron chi connectivity index (χ0n) is 17.1. The second kappa shape index (κ2) is 9.65. The predicted molar refractivity (Wildman–Crippen MR) is 110 cm³/mol. The molecular weight excluding hydrogens is 400 g/mol. The standard InChI is InChI=1S/C19H32N2O5S2/c1-15(2)28(24,25)21-13-16(3)26-19(14-21)6-5-17(4)27(22,23)12-9-18-7-10-20-11-8-18/h7-8,10-11,15-17,19H,5-6,9,12-14H2,1-4H3. The monoisotopic (exact) mass is 432 g/mol. The fourth-order valence-corrected chi connectivity index (χ4v) is 6.09. The number of hydrogen-bond donors (Lipinski definition) is 0. The number of aromatic nitrogens is 1. The van der Waals surface area contributed by atoms with Gasteiger partial charge >= 0.3 is 0 Å². The van der Waals surface area contributed by atoms with Gasteiger partial charge in [0.1, 0.15) is 0 Å². The molecule has 0 N–H and O–H groups in total. The van der Waals surface area contributed by atoms with Crippen LogP contribution in [0.2, 0.25) is 0 Å². The summed E-state index contributed by atoms with van der Waals surface area (Å²) in [6.07, 6.45) is 4.26. The van der Waals surface area contributed by atoms with E-state index in [1.54, 1.807) is 33.2 Å². The average molecular weight is 433 g/mol. The van der Waals surface area contributed by atoms with Gasteiger partial charge in [0, 0.05) is 25.5 Å². The van der Waals surface area contributed by atoms with Gasteiger partial charge in [0.25, 0.3) is 0 Å². The molecule has 0 aliphatic carbocycles. The predicted octanol–water partition coefficient (Wildman–Crippen LogP) is 2.04. The van der Waals surface area contributed by atoms with Gasteiger partial charge in [0.2, 0.25) is 10.0 Å². The number of ether oxygens (including phenoxy) is 1. The van der Waals surface area contributed by atoms with Crippen LogP contribution in [0.1, 0.15) is 46.1 Å². The second-order valence-corrected chi connectivity index (χ2v) is 12.9. The van der Waals surface area contributed by atoms with E-state index in [-0.39, 0.29) is 24.5 Å². The van der Waals surface area contributed by atoms with Crippen molar-refractivity contribution in [3.63, 3.8) is 0 Å². The van der Waals surface area contributed by atoms with Gasteiger partial charge in [-0.3, -0.25) is 4.98 Å². The van der Waals surface area contributed by atoms with Crippen molar-refractivity contribution in [3.05, 3.63) is 30.1 Å². The third-order valence-corrected chi connectivity index (χ3v) is 9.63. The van der Waals surface area contributed by atoms with Crippen molar-refractivity contribution in [1.82, 2.24) is 9.29 Å². The number of sulfone groups is 1. The summed E-state index contributed by atoms with van der Waals surface area (Å²) in [5.74, 6) is 0.0912. The topological polar surface area (TPSA) is 93.6 Å². The van der Waals surface area contributed by atoms with Crippen molar-refractivity contribution in [1.29, 1.82) is 0 Å². The Labute approximate surface area is 169 Å². The van der Waals surface area contributed by atoms with Crippen LogP contribution in [-0.2, 0) is 31.0 Å². The molecule has 7 nitrogen and oxygen atoms in total. The maximum Gasteiger partial charge on any atom is 0.216 e. The lowest BCUT2D eigenvalue weighted by Gasteiger charge is -2.37. The number of nitrogens with zero attached hydrogens (tertiary/aromatic N) is 2. The molecule has 1 aromatic rings. The Bertz CT molecular complexity index is 825.